The van der Waals surface area contributed by atoms with Crippen LogP contribution in [0.25, 0.3) is 0 Å². The lowest BCUT2D eigenvalue weighted by molar-refractivity contribution is -0.123. The van der Waals surface area contributed by atoms with Crippen molar-refractivity contribution in [2.24, 2.45) is 5.92 Å². The fraction of sp³-hybridized carbons (Fsp3) is 0.818. The van der Waals surface area contributed by atoms with Crippen LogP contribution in [-0.4, -0.2) is 31.1 Å². The predicted octanol–water partition coefficient (Wildman–Crippen LogP) is 0.856. The quantitative estimate of drug-likeness (QED) is 0.591. The van der Waals surface area contributed by atoms with Crippen molar-refractivity contribution in [3.8, 4) is 0 Å². The van der Waals surface area contributed by atoms with Crippen LogP contribution in [0.4, 0.5) is 4.79 Å². The highest BCUT2D eigenvalue weighted by Gasteiger charge is 2.05. The average molecular weight is 229 g/mol. The van der Waals surface area contributed by atoms with Crippen molar-refractivity contribution in [3.05, 3.63) is 0 Å². The summed E-state index contributed by atoms with van der Waals surface area (Å²) in [4.78, 5) is 22.3. The Labute approximate surface area is 97.4 Å². The largest absolute Gasteiger partial charge is 0.356 e. The van der Waals surface area contributed by atoms with Crippen molar-refractivity contribution in [2.45, 2.75) is 40.2 Å². The minimum atomic E-state index is -0.162. The third kappa shape index (κ3) is 8.08. The highest BCUT2D eigenvalue weighted by atomic mass is 16.2. The summed E-state index contributed by atoms with van der Waals surface area (Å²) in [5.74, 6) is 0.0591. The molecule has 0 aromatic heterocycles. The smallest absolute Gasteiger partial charge is 0.314 e. The van der Waals surface area contributed by atoms with Gasteiger partial charge in [0.15, 0.2) is 0 Å². The lowest BCUT2D eigenvalue weighted by Gasteiger charge is -2.10. The Hall–Kier alpha value is -1.26. The molecule has 16 heavy (non-hydrogen) atoms. The summed E-state index contributed by atoms with van der Waals surface area (Å²) in [6.45, 7) is 8.67. The first-order chi connectivity index (χ1) is 7.43. The van der Waals surface area contributed by atoms with E-state index in [1.54, 1.807) is 0 Å². The fourth-order valence-electron chi connectivity index (χ4n) is 1.02. The van der Waals surface area contributed by atoms with Crippen LogP contribution in [0.3, 0.4) is 0 Å². The Kier molecular flexibility index (Phi) is 7.33. The lowest BCUT2D eigenvalue weighted by Crippen LogP contribution is -2.40. The van der Waals surface area contributed by atoms with E-state index in [1.807, 2.05) is 27.7 Å². The second-order valence-corrected chi connectivity index (χ2v) is 4.35. The molecule has 0 unspecified atom stereocenters. The summed E-state index contributed by atoms with van der Waals surface area (Å²) in [7, 11) is 0. The van der Waals surface area contributed by atoms with Gasteiger partial charge in [0.2, 0.25) is 5.91 Å². The maximum atomic E-state index is 11.2. The number of hydrogen-bond donors (Lipinski definition) is 3. The van der Waals surface area contributed by atoms with Gasteiger partial charge in [-0.15, -0.1) is 0 Å². The van der Waals surface area contributed by atoms with E-state index in [-0.39, 0.29) is 23.9 Å². The van der Waals surface area contributed by atoms with Gasteiger partial charge in [0.05, 0.1) is 0 Å². The molecule has 0 aliphatic rings. The normalized spacial score (nSPS) is 10.4. The van der Waals surface area contributed by atoms with Crippen molar-refractivity contribution >= 4 is 11.9 Å². The molecule has 0 spiro atoms. The van der Waals surface area contributed by atoms with Crippen molar-refractivity contribution in [2.75, 3.05) is 13.1 Å². The number of hydrogen-bond acceptors (Lipinski definition) is 2. The monoisotopic (exact) mass is 229 g/mol. The molecule has 0 aromatic carbocycles. The fourth-order valence-corrected chi connectivity index (χ4v) is 1.02. The van der Waals surface area contributed by atoms with E-state index in [1.165, 1.54) is 0 Å². The van der Waals surface area contributed by atoms with E-state index in [2.05, 4.69) is 16.0 Å². The van der Waals surface area contributed by atoms with Crippen LogP contribution in [0.15, 0.2) is 0 Å². The molecule has 5 nitrogen and oxygen atoms in total. The molecule has 0 fully saturated rings. The zero-order valence-corrected chi connectivity index (χ0v) is 10.6. The molecule has 0 heterocycles. The summed E-state index contributed by atoms with van der Waals surface area (Å²) in [5.41, 5.74) is 0. The van der Waals surface area contributed by atoms with Gasteiger partial charge in [-0.05, 0) is 20.3 Å². The minimum Gasteiger partial charge on any atom is -0.356 e. The van der Waals surface area contributed by atoms with Gasteiger partial charge in [0.25, 0.3) is 0 Å². The van der Waals surface area contributed by atoms with Crippen molar-refractivity contribution < 1.29 is 9.59 Å². The second kappa shape index (κ2) is 7.96. The molecule has 3 amide bonds. The molecular weight excluding hydrogens is 206 g/mol. The first kappa shape index (κ1) is 14.7. The molecule has 0 rings (SSSR count). The standard InChI is InChI=1S/C11H23N3O2/c1-8(2)10(15)12-6-5-7-13-11(16)14-9(3)4/h8-9H,5-7H2,1-4H3,(H,12,15)(H2,13,14,16). The Morgan fingerprint density at radius 1 is 1.00 bits per heavy atom. The number of carbonyl (C=O) groups is 2. The number of carbonyl (C=O) groups excluding carboxylic acids is 2. The lowest BCUT2D eigenvalue weighted by atomic mass is 10.2. The highest BCUT2D eigenvalue weighted by molar-refractivity contribution is 5.77. The molecule has 0 saturated carbocycles. The van der Waals surface area contributed by atoms with Gasteiger partial charge in [-0.25, -0.2) is 4.79 Å². The summed E-state index contributed by atoms with van der Waals surface area (Å²) < 4.78 is 0. The molecule has 0 bridgehead atoms. The Morgan fingerprint density at radius 2 is 1.56 bits per heavy atom. The number of nitrogens with one attached hydrogen (secondary N) is 3. The van der Waals surface area contributed by atoms with E-state index < -0.39 is 0 Å². The maximum Gasteiger partial charge on any atom is 0.314 e. The van der Waals surface area contributed by atoms with Crippen LogP contribution in [0.1, 0.15) is 34.1 Å². The molecule has 0 atom stereocenters. The van der Waals surface area contributed by atoms with Gasteiger partial charge >= 0.3 is 6.03 Å². The van der Waals surface area contributed by atoms with Crippen molar-refractivity contribution in [1.29, 1.82) is 0 Å². The van der Waals surface area contributed by atoms with E-state index in [0.717, 1.165) is 6.42 Å². The van der Waals surface area contributed by atoms with Crippen molar-refractivity contribution in [3.63, 3.8) is 0 Å². The predicted molar refractivity (Wildman–Crippen MR) is 64.1 cm³/mol. The molecule has 0 aromatic rings. The third-order valence-corrected chi connectivity index (χ3v) is 1.88. The number of amides is 3. The topological polar surface area (TPSA) is 70.2 Å². The van der Waals surface area contributed by atoms with E-state index in [0.29, 0.717) is 13.1 Å². The molecule has 0 radical (unpaired) electrons. The van der Waals surface area contributed by atoms with Crippen LogP contribution < -0.4 is 16.0 Å². The van der Waals surface area contributed by atoms with Crippen LogP contribution in [-0.2, 0) is 4.79 Å². The summed E-state index contributed by atoms with van der Waals surface area (Å²) in [6, 6.07) is -0.0224. The molecule has 5 heteroatoms. The SMILES string of the molecule is CC(C)NC(=O)NCCCNC(=O)C(C)C. The molecule has 94 valence electrons. The Bertz CT molecular complexity index is 227. The molecule has 0 aliphatic carbocycles. The van der Waals surface area contributed by atoms with Gasteiger partial charge < -0.3 is 16.0 Å². The zero-order valence-electron chi connectivity index (χ0n) is 10.6. The Balaban J connectivity index is 3.40. The summed E-state index contributed by atoms with van der Waals surface area (Å²) in [6.07, 6.45) is 0.740. The Morgan fingerprint density at radius 3 is 2.06 bits per heavy atom. The van der Waals surface area contributed by atoms with Gasteiger partial charge in [0.1, 0.15) is 0 Å². The van der Waals surface area contributed by atoms with Gasteiger partial charge in [0, 0.05) is 25.0 Å². The van der Waals surface area contributed by atoms with E-state index >= 15 is 0 Å². The summed E-state index contributed by atoms with van der Waals surface area (Å²) >= 11 is 0. The average Bonchev–Trinajstić information content (AvgIpc) is 2.15. The summed E-state index contributed by atoms with van der Waals surface area (Å²) in [5, 5.41) is 8.22. The molecule has 0 aliphatic heterocycles. The number of rotatable bonds is 6. The first-order valence-electron chi connectivity index (χ1n) is 5.75. The van der Waals surface area contributed by atoms with Gasteiger partial charge in [-0.2, -0.15) is 0 Å². The third-order valence-electron chi connectivity index (χ3n) is 1.88. The van der Waals surface area contributed by atoms with Gasteiger partial charge in [-0.1, -0.05) is 13.8 Å². The van der Waals surface area contributed by atoms with Crippen molar-refractivity contribution in [1.82, 2.24) is 16.0 Å². The van der Waals surface area contributed by atoms with Crippen LogP contribution in [0.2, 0.25) is 0 Å². The first-order valence-corrected chi connectivity index (χ1v) is 5.75. The van der Waals surface area contributed by atoms with Crippen LogP contribution in [0, 0.1) is 5.92 Å². The zero-order chi connectivity index (χ0) is 12.6. The maximum absolute atomic E-state index is 11.2. The van der Waals surface area contributed by atoms with E-state index in [9.17, 15) is 9.59 Å². The van der Waals surface area contributed by atoms with E-state index in [4.69, 9.17) is 0 Å². The molecule has 0 saturated heterocycles. The molecular formula is C11H23N3O2. The minimum absolute atomic E-state index is 0.0113. The number of urea groups is 1. The van der Waals surface area contributed by atoms with Gasteiger partial charge in [-0.3, -0.25) is 4.79 Å². The molecule has 3 N–H and O–H groups in total. The van der Waals surface area contributed by atoms with Crippen LogP contribution in [0.5, 0.6) is 0 Å². The highest BCUT2D eigenvalue weighted by Crippen LogP contribution is 1.89. The van der Waals surface area contributed by atoms with Crippen LogP contribution >= 0.6 is 0 Å². The second-order valence-electron chi connectivity index (χ2n) is 4.35.